The van der Waals surface area contributed by atoms with Crippen molar-refractivity contribution in [3.05, 3.63) is 71.9 Å². The molecule has 0 radical (unpaired) electrons. The second-order valence-electron chi connectivity index (χ2n) is 6.33. The van der Waals surface area contributed by atoms with Gasteiger partial charge in [0.25, 0.3) is 7.52 Å². The van der Waals surface area contributed by atoms with Gasteiger partial charge in [-0.3, -0.25) is 4.57 Å². The number of hydrogen-bond donors (Lipinski definition) is 3. The lowest BCUT2D eigenvalue weighted by molar-refractivity contribution is 0.409. The molecule has 23 heavy (non-hydrogen) atoms. The predicted octanol–water partition coefficient (Wildman–Crippen LogP) is 4.38. The van der Waals surface area contributed by atoms with E-state index in [4.69, 9.17) is 0 Å². The van der Waals surface area contributed by atoms with Crippen molar-refractivity contribution in [2.75, 3.05) is 0 Å². The number of hydrogen-bond acceptors (Lipinski definition) is 1. The van der Waals surface area contributed by atoms with Crippen LogP contribution in [0.1, 0.15) is 25.0 Å². The molecule has 3 rings (SSSR count). The van der Waals surface area contributed by atoms with Gasteiger partial charge in [-0.1, -0.05) is 48.5 Å². The highest BCUT2D eigenvalue weighted by molar-refractivity contribution is 7.55. The number of aromatic amines is 1. The van der Waals surface area contributed by atoms with Crippen molar-refractivity contribution in [1.82, 2.24) is 10.1 Å². The minimum Gasteiger partial charge on any atom is -0.361 e. The van der Waals surface area contributed by atoms with E-state index in [2.05, 4.69) is 10.1 Å². The van der Waals surface area contributed by atoms with E-state index < -0.39 is 13.1 Å². The maximum atomic E-state index is 12.7. The first-order chi connectivity index (χ1) is 10.9. The molecule has 3 aromatic rings. The molecule has 0 aliphatic carbocycles. The smallest absolute Gasteiger partial charge is 0.272 e. The summed E-state index contributed by atoms with van der Waals surface area (Å²) in [7, 11) is -3.52. The summed E-state index contributed by atoms with van der Waals surface area (Å²) in [6, 6.07) is 17.3. The summed E-state index contributed by atoms with van der Waals surface area (Å²) >= 11 is 0. The summed E-state index contributed by atoms with van der Waals surface area (Å²) < 4.78 is 12.7. The Hall–Kier alpha value is -1.87. The molecule has 5 heteroatoms. The second kappa shape index (κ2) is 5.97. The average Bonchev–Trinajstić information content (AvgIpc) is 2.91. The summed E-state index contributed by atoms with van der Waals surface area (Å²) in [5.74, 6) is 0. The molecular weight excluding hydrogens is 307 g/mol. The lowest BCUT2D eigenvalue weighted by Crippen LogP contribution is -2.34. The van der Waals surface area contributed by atoms with Crippen LogP contribution >= 0.6 is 7.52 Å². The van der Waals surface area contributed by atoms with Gasteiger partial charge in [-0.2, -0.15) is 0 Å². The molecule has 0 spiro atoms. The molecule has 0 fully saturated rings. The normalized spacial score (nSPS) is 14.7. The predicted molar refractivity (Wildman–Crippen MR) is 94.4 cm³/mol. The fourth-order valence-electron chi connectivity index (χ4n) is 2.96. The third-order valence-corrected chi connectivity index (χ3v) is 5.66. The molecule has 0 amide bonds. The first kappa shape index (κ1) is 16.0. The molecule has 0 bridgehead atoms. The van der Waals surface area contributed by atoms with E-state index in [9.17, 15) is 9.46 Å². The highest BCUT2D eigenvalue weighted by Crippen LogP contribution is 2.45. The molecule has 2 aromatic carbocycles. The van der Waals surface area contributed by atoms with Crippen LogP contribution in [0.25, 0.3) is 10.9 Å². The molecule has 1 heterocycles. The Kier molecular flexibility index (Phi) is 4.15. The van der Waals surface area contributed by atoms with Gasteiger partial charge in [0, 0.05) is 22.6 Å². The van der Waals surface area contributed by atoms with Gasteiger partial charge in [0.2, 0.25) is 0 Å². The van der Waals surface area contributed by atoms with Gasteiger partial charge in [0.1, 0.15) is 0 Å². The molecule has 3 N–H and O–H groups in total. The largest absolute Gasteiger partial charge is 0.361 e. The van der Waals surface area contributed by atoms with E-state index in [1.807, 2.05) is 74.6 Å². The first-order valence-electron chi connectivity index (χ1n) is 7.59. The summed E-state index contributed by atoms with van der Waals surface area (Å²) in [5, 5.41) is 4.03. The maximum absolute atomic E-state index is 12.7. The van der Waals surface area contributed by atoms with Gasteiger partial charge < -0.3 is 9.88 Å². The average molecular weight is 328 g/mol. The van der Waals surface area contributed by atoms with Crippen molar-refractivity contribution >= 4 is 18.4 Å². The zero-order valence-electron chi connectivity index (χ0n) is 13.3. The highest BCUT2D eigenvalue weighted by Gasteiger charge is 2.31. The first-order valence-corrected chi connectivity index (χ1v) is 9.44. The number of para-hydroxylation sites is 1. The van der Waals surface area contributed by atoms with Crippen LogP contribution in [0.15, 0.2) is 60.8 Å². The summed E-state index contributed by atoms with van der Waals surface area (Å²) in [4.78, 5) is 13.6. The van der Waals surface area contributed by atoms with Crippen LogP contribution < -0.4 is 5.09 Å². The SMILES string of the molecule is CC(C)(NP(=O)(O)Cc1ccccc1)c1c[nH]c2ccccc12. The number of fused-ring (bicyclic) bond motifs is 1. The summed E-state index contributed by atoms with van der Waals surface area (Å²) in [5.41, 5.74) is 2.22. The molecule has 4 nitrogen and oxygen atoms in total. The lowest BCUT2D eigenvalue weighted by Gasteiger charge is -2.29. The fraction of sp³-hybridized carbons (Fsp3) is 0.222. The third kappa shape index (κ3) is 3.56. The van der Waals surface area contributed by atoms with Crippen LogP contribution in [0.4, 0.5) is 0 Å². The van der Waals surface area contributed by atoms with Crippen LogP contribution in [0.3, 0.4) is 0 Å². The van der Waals surface area contributed by atoms with Crippen LogP contribution in [0.2, 0.25) is 0 Å². The Bertz CT molecular complexity index is 856. The van der Waals surface area contributed by atoms with Gasteiger partial charge in [0.15, 0.2) is 0 Å². The third-order valence-electron chi connectivity index (χ3n) is 3.96. The van der Waals surface area contributed by atoms with Crippen molar-refractivity contribution in [3.63, 3.8) is 0 Å². The molecule has 0 aliphatic heterocycles. The number of H-pyrrole nitrogens is 1. The molecule has 0 aliphatic rings. The number of aromatic nitrogens is 1. The molecular formula is C18H21N2O2P. The van der Waals surface area contributed by atoms with E-state index in [1.165, 1.54) is 0 Å². The van der Waals surface area contributed by atoms with E-state index in [-0.39, 0.29) is 6.16 Å². The van der Waals surface area contributed by atoms with Crippen molar-refractivity contribution in [2.45, 2.75) is 25.5 Å². The number of rotatable bonds is 5. The van der Waals surface area contributed by atoms with Gasteiger partial charge in [-0.05, 0) is 31.0 Å². The van der Waals surface area contributed by atoms with Crippen molar-refractivity contribution < 1.29 is 9.46 Å². The summed E-state index contributed by atoms with van der Waals surface area (Å²) in [6.45, 7) is 3.85. The maximum Gasteiger partial charge on any atom is 0.272 e. The van der Waals surface area contributed by atoms with Gasteiger partial charge >= 0.3 is 0 Å². The Morgan fingerprint density at radius 2 is 1.74 bits per heavy atom. The zero-order chi connectivity index (χ0) is 16.5. The molecule has 1 unspecified atom stereocenters. The van der Waals surface area contributed by atoms with Gasteiger partial charge in [-0.25, -0.2) is 5.09 Å². The molecule has 120 valence electrons. The van der Waals surface area contributed by atoms with Crippen LogP contribution in [0.5, 0.6) is 0 Å². The Balaban J connectivity index is 1.86. The van der Waals surface area contributed by atoms with Crippen molar-refractivity contribution in [3.8, 4) is 0 Å². The van der Waals surface area contributed by atoms with Gasteiger partial charge in [0.05, 0.1) is 6.16 Å². The number of benzene rings is 2. The minimum atomic E-state index is -3.52. The quantitative estimate of drug-likeness (QED) is 0.609. The molecule has 1 atom stereocenters. The number of nitrogens with one attached hydrogen (secondary N) is 2. The lowest BCUT2D eigenvalue weighted by atomic mass is 9.95. The fourth-order valence-corrected chi connectivity index (χ4v) is 4.73. The Labute approximate surface area is 136 Å². The molecule has 1 aromatic heterocycles. The van der Waals surface area contributed by atoms with E-state index in [0.29, 0.717) is 0 Å². The second-order valence-corrected chi connectivity index (χ2v) is 8.27. The topological polar surface area (TPSA) is 65.1 Å². The van der Waals surface area contributed by atoms with E-state index >= 15 is 0 Å². The van der Waals surface area contributed by atoms with Crippen LogP contribution in [-0.2, 0) is 16.3 Å². The highest BCUT2D eigenvalue weighted by atomic mass is 31.2. The van der Waals surface area contributed by atoms with E-state index in [0.717, 1.165) is 22.0 Å². The van der Waals surface area contributed by atoms with Crippen LogP contribution in [-0.4, -0.2) is 9.88 Å². The molecule has 0 saturated heterocycles. The van der Waals surface area contributed by atoms with Crippen LogP contribution in [0, 0.1) is 0 Å². The van der Waals surface area contributed by atoms with Crippen molar-refractivity contribution in [1.29, 1.82) is 0 Å². The monoisotopic (exact) mass is 328 g/mol. The van der Waals surface area contributed by atoms with Gasteiger partial charge in [-0.15, -0.1) is 0 Å². The van der Waals surface area contributed by atoms with E-state index in [1.54, 1.807) is 0 Å². The Morgan fingerprint density at radius 3 is 2.48 bits per heavy atom. The summed E-state index contributed by atoms with van der Waals surface area (Å²) in [6.07, 6.45) is 2.01. The Morgan fingerprint density at radius 1 is 1.09 bits per heavy atom. The standard InChI is InChI=1S/C18H21N2O2P/c1-18(2,16-12-19-17-11-7-6-10-15(16)17)20-23(21,22)13-14-8-4-3-5-9-14/h3-12,19H,13H2,1-2H3,(H2,20,21,22). The van der Waals surface area contributed by atoms with Crippen molar-refractivity contribution in [2.24, 2.45) is 0 Å². The molecule has 0 saturated carbocycles. The zero-order valence-corrected chi connectivity index (χ0v) is 14.2. The minimum absolute atomic E-state index is 0.111.